The van der Waals surface area contributed by atoms with Crippen LogP contribution in [0.4, 0.5) is 4.39 Å². The Morgan fingerprint density at radius 3 is 2.61 bits per heavy atom. The maximum atomic E-state index is 13.2. The van der Waals surface area contributed by atoms with E-state index in [0.717, 1.165) is 5.56 Å². The first-order valence-corrected chi connectivity index (χ1v) is 7.78. The van der Waals surface area contributed by atoms with E-state index in [9.17, 15) is 12.8 Å². The third-order valence-corrected chi connectivity index (χ3v) is 4.88. The maximum Gasteiger partial charge on any atom is 0.214 e. The summed E-state index contributed by atoms with van der Waals surface area (Å²) in [4.78, 5) is 0. The summed E-state index contributed by atoms with van der Waals surface area (Å²) in [5.74, 6) is -0.297. The number of hydrogen-bond donors (Lipinski definition) is 1. The minimum absolute atomic E-state index is 0.0268. The van der Waals surface area contributed by atoms with Crippen molar-refractivity contribution in [2.75, 3.05) is 26.4 Å². The molecule has 0 radical (unpaired) electrons. The zero-order valence-corrected chi connectivity index (χ0v) is 12.7. The molecule has 1 N–H and O–H groups in total. The molecule has 0 bridgehead atoms. The number of rotatable bonds is 6. The molecule has 102 valence electrons. The van der Waals surface area contributed by atoms with E-state index in [1.165, 1.54) is 24.5 Å². The molecular weight excluding hydrogens is 323 g/mol. The lowest BCUT2D eigenvalue weighted by atomic mass is 10.2. The van der Waals surface area contributed by atoms with Crippen LogP contribution in [0.1, 0.15) is 5.56 Å². The second-order valence-electron chi connectivity index (χ2n) is 4.02. The van der Waals surface area contributed by atoms with E-state index in [4.69, 9.17) is 0 Å². The molecule has 0 saturated carbocycles. The summed E-state index contributed by atoms with van der Waals surface area (Å²) >= 11 is 3.07. The van der Waals surface area contributed by atoms with Gasteiger partial charge in [0.25, 0.3) is 0 Å². The van der Waals surface area contributed by atoms with Crippen LogP contribution in [-0.2, 0) is 16.6 Å². The summed E-state index contributed by atoms with van der Waals surface area (Å²) in [6.45, 7) is 0.769. The zero-order chi connectivity index (χ0) is 13.8. The van der Waals surface area contributed by atoms with Gasteiger partial charge in [0, 0.05) is 27.2 Å². The number of sulfonamides is 1. The smallest absolute Gasteiger partial charge is 0.214 e. The first kappa shape index (κ1) is 15.6. The first-order valence-electron chi connectivity index (χ1n) is 5.38. The Labute approximate surface area is 115 Å². The van der Waals surface area contributed by atoms with Crippen molar-refractivity contribution in [1.82, 2.24) is 9.62 Å². The van der Waals surface area contributed by atoms with Crippen LogP contribution in [0, 0.1) is 5.82 Å². The summed E-state index contributed by atoms with van der Waals surface area (Å²) in [5.41, 5.74) is 0.776. The van der Waals surface area contributed by atoms with Crippen molar-refractivity contribution < 1.29 is 12.8 Å². The topological polar surface area (TPSA) is 49.4 Å². The average Bonchev–Trinajstić information content (AvgIpc) is 2.29. The normalized spacial score (nSPS) is 12.1. The van der Waals surface area contributed by atoms with Gasteiger partial charge in [-0.3, -0.25) is 0 Å². The van der Waals surface area contributed by atoms with Gasteiger partial charge < -0.3 is 5.32 Å². The van der Waals surface area contributed by atoms with Crippen LogP contribution < -0.4 is 5.32 Å². The highest BCUT2D eigenvalue weighted by Crippen LogP contribution is 2.16. The van der Waals surface area contributed by atoms with Crippen molar-refractivity contribution in [1.29, 1.82) is 0 Å². The van der Waals surface area contributed by atoms with E-state index in [1.54, 1.807) is 12.1 Å². The lowest BCUT2D eigenvalue weighted by molar-refractivity contribution is 0.517. The highest BCUT2D eigenvalue weighted by molar-refractivity contribution is 9.10. The molecule has 0 aliphatic heterocycles. The SMILES string of the molecule is CN(C)S(=O)(=O)CCNCc1ccc(Br)c(F)c1. The molecule has 0 unspecified atom stereocenters. The Bertz CT molecular complexity index is 506. The van der Waals surface area contributed by atoms with Gasteiger partial charge in [0.1, 0.15) is 5.82 Å². The van der Waals surface area contributed by atoms with E-state index in [2.05, 4.69) is 21.2 Å². The van der Waals surface area contributed by atoms with E-state index in [1.807, 2.05) is 0 Å². The van der Waals surface area contributed by atoms with E-state index in [-0.39, 0.29) is 11.6 Å². The number of nitrogens with one attached hydrogen (secondary N) is 1. The van der Waals surface area contributed by atoms with Gasteiger partial charge in [-0.05, 0) is 33.6 Å². The fraction of sp³-hybridized carbons (Fsp3) is 0.455. The predicted octanol–water partition coefficient (Wildman–Crippen LogP) is 1.57. The van der Waals surface area contributed by atoms with Crippen LogP contribution in [0.25, 0.3) is 0 Å². The largest absolute Gasteiger partial charge is 0.312 e. The predicted molar refractivity (Wildman–Crippen MR) is 73.3 cm³/mol. The first-order chi connectivity index (χ1) is 8.33. The molecule has 0 amide bonds. The standard InChI is InChI=1S/C11H16BrFN2O2S/c1-15(2)18(16,17)6-5-14-8-9-3-4-10(12)11(13)7-9/h3-4,7,14H,5-6,8H2,1-2H3. The fourth-order valence-electron chi connectivity index (χ4n) is 1.27. The van der Waals surface area contributed by atoms with Crippen molar-refractivity contribution >= 4 is 26.0 Å². The molecule has 1 aromatic carbocycles. The molecular formula is C11H16BrFN2O2S. The summed E-state index contributed by atoms with van der Waals surface area (Å²) in [7, 11) is -0.179. The Morgan fingerprint density at radius 2 is 2.06 bits per heavy atom. The lowest BCUT2D eigenvalue weighted by Gasteiger charge is -2.11. The molecule has 18 heavy (non-hydrogen) atoms. The van der Waals surface area contributed by atoms with Crippen LogP contribution in [0.3, 0.4) is 0 Å². The molecule has 1 aromatic rings. The minimum atomic E-state index is -3.18. The van der Waals surface area contributed by atoms with E-state index < -0.39 is 10.0 Å². The molecule has 4 nitrogen and oxygen atoms in total. The second-order valence-corrected chi connectivity index (χ2v) is 7.18. The number of halogens is 2. The van der Waals surface area contributed by atoms with Crippen molar-refractivity contribution in [3.8, 4) is 0 Å². The Hall–Kier alpha value is -0.500. The van der Waals surface area contributed by atoms with Gasteiger partial charge in [0.05, 0.1) is 10.2 Å². The second kappa shape index (κ2) is 6.60. The van der Waals surface area contributed by atoms with Crippen LogP contribution in [0.2, 0.25) is 0 Å². The van der Waals surface area contributed by atoms with Gasteiger partial charge in [0.2, 0.25) is 10.0 Å². The summed E-state index contributed by atoms with van der Waals surface area (Å²) in [5, 5.41) is 2.97. The molecule has 0 spiro atoms. The van der Waals surface area contributed by atoms with Gasteiger partial charge >= 0.3 is 0 Å². The lowest BCUT2D eigenvalue weighted by Crippen LogP contribution is -2.31. The van der Waals surface area contributed by atoms with Gasteiger partial charge in [-0.2, -0.15) is 0 Å². The molecule has 1 rings (SSSR count). The zero-order valence-electron chi connectivity index (χ0n) is 10.3. The third-order valence-electron chi connectivity index (χ3n) is 2.41. The molecule has 0 atom stereocenters. The van der Waals surface area contributed by atoms with Gasteiger partial charge in [-0.1, -0.05) is 6.07 Å². The molecule has 0 aliphatic rings. The Morgan fingerprint density at radius 1 is 1.39 bits per heavy atom. The quantitative estimate of drug-likeness (QED) is 0.801. The molecule has 0 aliphatic carbocycles. The Balaban J connectivity index is 2.41. The van der Waals surface area contributed by atoms with Crippen LogP contribution in [0.15, 0.2) is 22.7 Å². The monoisotopic (exact) mass is 338 g/mol. The molecule has 0 heterocycles. The average molecular weight is 339 g/mol. The number of nitrogens with zero attached hydrogens (tertiary/aromatic N) is 1. The van der Waals surface area contributed by atoms with Crippen LogP contribution in [-0.4, -0.2) is 39.1 Å². The Kier molecular flexibility index (Phi) is 5.71. The van der Waals surface area contributed by atoms with Crippen LogP contribution >= 0.6 is 15.9 Å². The van der Waals surface area contributed by atoms with Gasteiger partial charge in [0.15, 0.2) is 0 Å². The third kappa shape index (κ3) is 4.64. The van der Waals surface area contributed by atoms with Crippen molar-refractivity contribution in [2.24, 2.45) is 0 Å². The van der Waals surface area contributed by atoms with Gasteiger partial charge in [-0.25, -0.2) is 17.1 Å². The molecule has 0 aromatic heterocycles. The fourth-order valence-corrected chi connectivity index (χ4v) is 2.28. The van der Waals surface area contributed by atoms with E-state index >= 15 is 0 Å². The molecule has 0 fully saturated rings. The molecule has 7 heteroatoms. The summed E-state index contributed by atoms with van der Waals surface area (Å²) in [6, 6.07) is 4.82. The number of hydrogen-bond acceptors (Lipinski definition) is 3. The number of benzene rings is 1. The minimum Gasteiger partial charge on any atom is -0.312 e. The highest BCUT2D eigenvalue weighted by atomic mass is 79.9. The molecule has 0 saturated heterocycles. The maximum absolute atomic E-state index is 13.2. The highest BCUT2D eigenvalue weighted by Gasteiger charge is 2.12. The van der Waals surface area contributed by atoms with Crippen molar-refractivity contribution in [2.45, 2.75) is 6.54 Å². The van der Waals surface area contributed by atoms with Crippen molar-refractivity contribution in [3.63, 3.8) is 0 Å². The van der Waals surface area contributed by atoms with Gasteiger partial charge in [-0.15, -0.1) is 0 Å². The summed E-state index contributed by atoms with van der Waals surface area (Å²) in [6.07, 6.45) is 0. The van der Waals surface area contributed by atoms with Crippen LogP contribution in [0.5, 0.6) is 0 Å². The summed E-state index contributed by atoms with van der Waals surface area (Å²) < 4.78 is 37.7. The van der Waals surface area contributed by atoms with E-state index in [0.29, 0.717) is 17.6 Å². The van der Waals surface area contributed by atoms with Crippen molar-refractivity contribution in [3.05, 3.63) is 34.1 Å².